The van der Waals surface area contributed by atoms with Gasteiger partial charge in [0.25, 0.3) is 5.91 Å². The van der Waals surface area contributed by atoms with Crippen LogP contribution >= 0.6 is 0 Å². The van der Waals surface area contributed by atoms with Gasteiger partial charge in [-0.15, -0.1) is 0 Å². The summed E-state index contributed by atoms with van der Waals surface area (Å²) in [5, 5.41) is 6.93. The molecule has 4 rings (SSSR count). The van der Waals surface area contributed by atoms with Crippen molar-refractivity contribution in [3.8, 4) is 0 Å². The Labute approximate surface area is 167 Å². The van der Waals surface area contributed by atoms with Gasteiger partial charge in [0.1, 0.15) is 24.5 Å². The molecule has 2 amide bonds. The predicted octanol–water partition coefficient (Wildman–Crippen LogP) is 2.00. The van der Waals surface area contributed by atoms with Gasteiger partial charge in [0.15, 0.2) is 0 Å². The topological polar surface area (TPSA) is 80.1 Å². The Morgan fingerprint density at radius 1 is 1.14 bits per heavy atom. The summed E-state index contributed by atoms with van der Waals surface area (Å²) in [5.41, 5.74) is 2.15. The van der Waals surface area contributed by atoms with Gasteiger partial charge in [-0.05, 0) is 35.7 Å². The first-order valence-electron chi connectivity index (χ1n) is 9.34. The van der Waals surface area contributed by atoms with Crippen LogP contribution in [0.3, 0.4) is 0 Å². The third kappa shape index (κ3) is 4.31. The summed E-state index contributed by atoms with van der Waals surface area (Å²) in [6, 6.07) is 12.7. The number of aromatic nitrogens is 3. The third-order valence-electron chi connectivity index (χ3n) is 4.95. The lowest BCUT2D eigenvalue weighted by Gasteiger charge is -2.18. The predicted molar refractivity (Wildman–Crippen MR) is 103 cm³/mol. The van der Waals surface area contributed by atoms with Crippen molar-refractivity contribution in [1.29, 1.82) is 0 Å². The second kappa shape index (κ2) is 8.22. The number of rotatable bonds is 6. The molecule has 0 radical (unpaired) electrons. The van der Waals surface area contributed by atoms with E-state index < -0.39 is 6.04 Å². The Hall–Kier alpha value is -3.55. The number of halogens is 1. The highest BCUT2D eigenvalue weighted by atomic mass is 19.1. The molecule has 1 aromatic heterocycles. The summed E-state index contributed by atoms with van der Waals surface area (Å²) in [6.45, 7) is 1.36. The van der Waals surface area contributed by atoms with E-state index in [4.69, 9.17) is 0 Å². The summed E-state index contributed by atoms with van der Waals surface area (Å²) in [7, 11) is 0. The molecule has 0 aliphatic carbocycles. The van der Waals surface area contributed by atoms with E-state index in [1.807, 2.05) is 12.1 Å². The van der Waals surface area contributed by atoms with E-state index in [-0.39, 0.29) is 17.6 Å². The quantitative estimate of drug-likeness (QED) is 0.695. The molecule has 2 heterocycles. The monoisotopic (exact) mass is 393 g/mol. The van der Waals surface area contributed by atoms with Gasteiger partial charge in [-0.25, -0.2) is 14.1 Å². The fourth-order valence-corrected chi connectivity index (χ4v) is 3.44. The standard InChI is InChI=1S/C21H20FN5O2/c22-17-7-5-15(6-8-17)11-26-10-9-19(21(26)29)25-20(28)18-4-2-1-3-16(18)12-27-14-23-13-24-27/h1-8,13-14,19H,9-12H2,(H,25,28)/t19-/m0/s1. The zero-order valence-corrected chi connectivity index (χ0v) is 15.7. The first kappa shape index (κ1) is 18.8. The van der Waals surface area contributed by atoms with Crippen LogP contribution in [0.4, 0.5) is 4.39 Å². The maximum Gasteiger partial charge on any atom is 0.252 e. The number of nitrogens with one attached hydrogen (secondary N) is 1. The van der Waals surface area contributed by atoms with Crippen LogP contribution in [-0.4, -0.2) is 44.1 Å². The minimum absolute atomic E-state index is 0.128. The Kier molecular flexibility index (Phi) is 5.33. The molecule has 1 aliphatic heterocycles. The lowest BCUT2D eigenvalue weighted by molar-refractivity contribution is -0.129. The molecule has 1 aliphatic rings. The number of carbonyl (C=O) groups is 2. The molecular weight excluding hydrogens is 373 g/mol. The number of carbonyl (C=O) groups excluding carboxylic acids is 2. The van der Waals surface area contributed by atoms with Crippen LogP contribution in [0, 0.1) is 5.82 Å². The molecule has 1 N–H and O–H groups in total. The lowest BCUT2D eigenvalue weighted by atomic mass is 10.1. The van der Waals surface area contributed by atoms with Crippen LogP contribution in [0.15, 0.2) is 61.2 Å². The third-order valence-corrected chi connectivity index (χ3v) is 4.95. The summed E-state index contributed by atoms with van der Waals surface area (Å²) >= 11 is 0. The Morgan fingerprint density at radius 2 is 1.93 bits per heavy atom. The first-order chi connectivity index (χ1) is 14.1. The molecule has 3 aromatic rings. The SMILES string of the molecule is O=C(N[C@H]1CCN(Cc2ccc(F)cc2)C1=O)c1ccccc1Cn1cncn1. The van der Waals surface area contributed by atoms with E-state index in [2.05, 4.69) is 15.4 Å². The highest BCUT2D eigenvalue weighted by molar-refractivity contribution is 5.99. The van der Waals surface area contributed by atoms with E-state index >= 15 is 0 Å². The van der Waals surface area contributed by atoms with Crippen LogP contribution in [0.2, 0.25) is 0 Å². The maximum absolute atomic E-state index is 13.1. The second-order valence-electron chi connectivity index (χ2n) is 6.95. The highest BCUT2D eigenvalue weighted by Gasteiger charge is 2.33. The minimum atomic E-state index is -0.567. The van der Waals surface area contributed by atoms with Gasteiger partial charge < -0.3 is 10.2 Å². The lowest BCUT2D eigenvalue weighted by Crippen LogP contribution is -2.41. The van der Waals surface area contributed by atoms with Crippen LogP contribution < -0.4 is 5.32 Å². The second-order valence-corrected chi connectivity index (χ2v) is 6.95. The number of likely N-dealkylation sites (tertiary alicyclic amines) is 1. The first-order valence-corrected chi connectivity index (χ1v) is 9.34. The van der Waals surface area contributed by atoms with Crippen LogP contribution in [0.5, 0.6) is 0 Å². The summed E-state index contributed by atoms with van der Waals surface area (Å²) < 4.78 is 14.7. The molecule has 2 aromatic carbocycles. The van der Waals surface area contributed by atoms with Gasteiger partial charge in [-0.2, -0.15) is 5.10 Å². The molecular formula is C21H20FN5O2. The number of hydrogen-bond donors (Lipinski definition) is 1. The van der Waals surface area contributed by atoms with Gasteiger partial charge in [0, 0.05) is 18.7 Å². The molecule has 29 heavy (non-hydrogen) atoms. The number of hydrogen-bond acceptors (Lipinski definition) is 4. The molecule has 0 unspecified atom stereocenters. The Balaban J connectivity index is 1.41. The summed E-state index contributed by atoms with van der Waals surface area (Å²) in [4.78, 5) is 31.1. The van der Waals surface area contributed by atoms with E-state index in [0.29, 0.717) is 31.6 Å². The fourth-order valence-electron chi connectivity index (χ4n) is 3.44. The Morgan fingerprint density at radius 3 is 2.69 bits per heavy atom. The molecule has 7 nitrogen and oxygen atoms in total. The van der Waals surface area contributed by atoms with Crippen molar-refractivity contribution in [2.45, 2.75) is 25.6 Å². The van der Waals surface area contributed by atoms with Gasteiger partial charge in [0.2, 0.25) is 5.91 Å². The fraction of sp³-hybridized carbons (Fsp3) is 0.238. The van der Waals surface area contributed by atoms with Crippen molar-refractivity contribution in [3.05, 3.63) is 83.7 Å². The number of nitrogens with zero attached hydrogens (tertiary/aromatic N) is 4. The molecule has 1 atom stereocenters. The van der Waals surface area contributed by atoms with Crippen molar-refractivity contribution in [2.24, 2.45) is 0 Å². The molecule has 148 valence electrons. The molecule has 8 heteroatoms. The molecule has 0 saturated carbocycles. The molecule has 1 saturated heterocycles. The Bertz CT molecular complexity index is 1000. The average Bonchev–Trinajstić information content (AvgIpc) is 3.35. The van der Waals surface area contributed by atoms with Crippen molar-refractivity contribution < 1.29 is 14.0 Å². The van der Waals surface area contributed by atoms with Gasteiger partial charge in [0.05, 0.1) is 6.54 Å². The molecule has 0 bridgehead atoms. The van der Waals surface area contributed by atoms with Crippen molar-refractivity contribution in [1.82, 2.24) is 25.0 Å². The zero-order valence-electron chi connectivity index (χ0n) is 15.7. The van der Waals surface area contributed by atoms with E-state index in [9.17, 15) is 14.0 Å². The maximum atomic E-state index is 13.1. The zero-order chi connectivity index (χ0) is 20.2. The summed E-state index contributed by atoms with van der Waals surface area (Å²) in [5.74, 6) is -0.727. The largest absolute Gasteiger partial charge is 0.340 e. The summed E-state index contributed by atoms with van der Waals surface area (Å²) in [6.07, 6.45) is 3.56. The van der Waals surface area contributed by atoms with Crippen LogP contribution in [0.25, 0.3) is 0 Å². The van der Waals surface area contributed by atoms with Gasteiger partial charge in [-0.1, -0.05) is 30.3 Å². The number of benzene rings is 2. The normalized spacial score (nSPS) is 16.2. The van der Waals surface area contributed by atoms with Gasteiger partial charge >= 0.3 is 0 Å². The smallest absolute Gasteiger partial charge is 0.252 e. The van der Waals surface area contributed by atoms with E-state index in [1.54, 1.807) is 40.2 Å². The molecule has 0 spiro atoms. The molecule has 1 fully saturated rings. The van der Waals surface area contributed by atoms with Crippen molar-refractivity contribution in [2.75, 3.05) is 6.54 Å². The van der Waals surface area contributed by atoms with Crippen molar-refractivity contribution >= 4 is 11.8 Å². The van der Waals surface area contributed by atoms with E-state index in [0.717, 1.165) is 11.1 Å². The van der Waals surface area contributed by atoms with Gasteiger partial charge in [-0.3, -0.25) is 9.59 Å². The average molecular weight is 393 g/mol. The van der Waals surface area contributed by atoms with E-state index in [1.165, 1.54) is 18.5 Å². The minimum Gasteiger partial charge on any atom is -0.340 e. The number of amides is 2. The van der Waals surface area contributed by atoms with Crippen LogP contribution in [0.1, 0.15) is 27.9 Å². The highest BCUT2D eigenvalue weighted by Crippen LogP contribution is 2.17. The van der Waals surface area contributed by atoms with Crippen molar-refractivity contribution in [3.63, 3.8) is 0 Å². The van der Waals surface area contributed by atoms with Crippen LogP contribution in [-0.2, 0) is 17.9 Å².